The van der Waals surface area contributed by atoms with E-state index < -0.39 is 10.0 Å². The van der Waals surface area contributed by atoms with Crippen molar-refractivity contribution in [1.29, 1.82) is 0 Å². The van der Waals surface area contributed by atoms with Crippen molar-refractivity contribution >= 4 is 15.7 Å². The number of nitrogens with one attached hydrogen (secondary N) is 1. The van der Waals surface area contributed by atoms with Crippen LogP contribution in [0.2, 0.25) is 0 Å². The standard InChI is InChI=1S/C22H23N3O4S/c26-30(27,16-9-10-20-21(14-16)29-13-5-12-28-20)24-18-7-2-1-6-17(18)19-15-25-11-4-3-8-22(25)23-19/h1-2,6-7,9-10,14-15,24H,3-5,8,11-13H2. The molecular weight excluding hydrogens is 402 g/mol. The normalized spacial score (nSPS) is 15.9. The minimum atomic E-state index is -3.81. The molecule has 1 aromatic heterocycles. The maximum Gasteiger partial charge on any atom is 0.262 e. The van der Waals surface area contributed by atoms with Crippen molar-refractivity contribution in [2.24, 2.45) is 0 Å². The highest BCUT2D eigenvalue weighted by atomic mass is 32.2. The molecular formula is C22H23N3O4S. The van der Waals surface area contributed by atoms with E-state index in [0.29, 0.717) is 30.4 Å². The largest absolute Gasteiger partial charge is 0.490 e. The molecule has 0 spiro atoms. The van der Waals surface area contributed by atoms with Crippen LogP contribution in [-0.4, -0.2) is 31.2 Å². The van der Waals surface area contributed by atoms with E-state index >= 15 is 0 Å². The zero-order valence-corrected chi connectivity index (χ0v) is 17.3. The number of para-hydroxylation sites is 1. The maximum atomic E-state index is 13.1. The molecule has 5 rings (SSSR count). The number of aryl methyl sites for hydroxylation is 2. The molecule has 0 unspecified atom stereocenters. The molecule has 3 heterocycles. The summed E-state index contributed by atoms with van der Waals surface area (Å²) in [6.07, 6.45) is 5.99. The van der Waals surface area contributed by atoms with Gasteiger partial charge in [0.15, 0.2) is 11.5 Å². The first-order valence-electron chi connectivity index (χ1n) is 10.2. The lowest BCUT2D eigenvalue weighted by Crippen LogP contribution is -2.14. The Labute approximate surface area is 175 Å². The molecule has 30 heavy (non-hydrogen) atoms. The highest BCUT2D eigenvalue weighted by molar-refractivity contribution is 7.92. The van der Waals surface area contributed by atoms with Gasteiger partial charge in [0.25, 0.3) is 10.0 Å². The average molecular weight is 426 g/mol. The Hall–Kier alpha value is -3.00. The number of imidazole rings is 1. The van der Waals surface area contributed by atoms with E-state index in [-0.39, 0.29) is 4.90 Å². The second-order valence-electron chi connectivity index (χ2n) is 7.50. The van der Waals surface area contributed by atoms with Crippen molar-refractivity contribution in [2.45, 2.75) is 37.1 Å². The summed E-state index contributed by atoms with van der Waals surface area (Å²) in [5, 5.41) is 0. The predicted molar refractivity (Wildman–Crippen MR) is 113 cm³/mol. The highest BCUT2D eigenvalue weighted by Crippen LogP contribution is 2.34. The number of anilines is 1. The van der Waals surface area contributed by atoms with Gasteiger partial charge in [0.05, 0.1) is 29.5 Å². The Morgan fingerprint density at radius 2 is 1.80 bits per heavy atom. The number of nitrogens with zero attached hydrogens (tertiary/aromatic N) is 2. The third-order valence-electron chi connectivity index (χ3n) is 5.39. The van der Waals surface area contributed by atoms with E-state index in [1.165, 1.54) is 12.1 Å². The molecule has 0 saturated carbocycles. The van der Waals surface area contributed by atoms with Gasteiger partial charge in [0, 0.05) is 37.2 Å². The summed E-state index contributed by atoms with van der Waals surface area (Å²) in [5.41, 5.74) is 2.04. The Kier molecular flexibility index (Phi) is 4.86. The van der Waals surface area contributed by atoms with Crippen molar-refractivity contribution in [2.75, 3.05) is 17.9 Å². The third kappa shape index (κ3) is 3.63. The average Bonchev–Trinajstić information content (AvgIpc) is 3.04. The second-order valence-corrected chi connectivity index (χ2v) is 9.19. The van der Waals surface area contributed by atoms with Gasteiger partial charge in [-0.1, -0.05) is 18.2 Å². The number of benzene rings is 2. The molecule has 3 aromatic rings. The summed E-state index contributed by atoms with van der Waals surface area (Å²) in [7, 11) is -3.81. The Morgan fingerprint density at radius 3 is 2.67 bits per heavy atom. The summed E-state index contributed by atoms with van der Waals surface area (Å²) in [5.74, 6) is 2.07. The Balaban J connectivity index is 1.47. The molecule has 2 aliphatic rings. The molecule has 0 aliphatic carbocycles. The molecule has 0 bridgehead atoms. The van der Waals surface area contributed by atoms with Gasteiger partial charge < -0.3 is 14.0 Å². The zero-order chi connectivity index (χ0) is 20.6. The molecule has 8 heteroatoms. The maximum absolute atomic E-state index is 13.1. The minimum Gasteiger partial charge on any atom is -0.490 e. The van der Waals surface area contributed by atoms with E-state index in [4.69, 9.17) is 14.5 Å². The highest BCUT2D eigenvalue weighted by Gasteiger charge is 2.21. The molecule has 7 nitrogen and oxygen atoms in total. The van der Waals surface area contributed by atoms with Gasteiger partial charge in [-0.15, -0.1) is 0 Å². The molecule has 2 aromatic carbocycles. The lowest BCUT2D eigenvalue weighted by atomic mass is 10.1. The molecule has 0 atom stereocenters. The number of aromatic nitrogens is 2. The number of rotatable bonds is 4. The number of ether oxygens (including phenoxy) is 2. The van der Waals surface area contributed by atoms with Crippen LogP contribution >= 0.6 is 0 Å². The van der Waals surface area contributed by atoms with Crippen molar-refractivity contribution in [1.82, 2.24) is 9.55 Å². The molecule has 0 amide bonds. The first-order valence-corrected chi connectivity index (χ1v) is 11.7. The fraction of sp³-hybridized carbons (Fsp3) is 0.318. The van der Waals surface area contributed by atoms with E-state index in [2.05, 4.69) is 9.29 Å². The van der Waals surface area contributed by atoms with Gasteiger partial charge >= 0.3 is 0 Å². The number of hydrogen-bond acceptors (Lipinski definition) is 5. The van der Waals surface area contributed by atoms with Crippen LogP contribution in [0.15, 0.2) is 53.6 Å². The first kappa shape index (κ1) is 19.0. The van der Waals surface area contributed by atoms with Crippen LogP contribution in [-0.2, 0) is 23.0 Å². The predicted octanol–water partition coefficient (Wildman–Crippen LogP) is 3.85. The smallest absolute Gasteiger partial charge is 0.262 e. The summed E-state index contributed by atoms with van der Waals surface area (Å²) in [4.78, 5) is 4.87. The van der Waals surface area contributed by atoms with Crippen LogP contribution in [0.3, 0.4) is 0 Å². The lowest BCUT2D eigenvalue weighted by Gasteiger charge is -2.13. The molecule has 2 aliphatic heterocycles. The van der Waals surface area contributed by atoms with Gasteiger partial charge in [0.1, 0.15) is 5.82 Å². The summed E-state index contributed by atoms with van der Waals surface area (Å²) in [6.45, 7) is 2.00. The Morgan fingerprint density at radius 1 is 0.967 bits per heavy atom. The quantitative estimate of drug-likeness (QED) is 0.687. The molecule has 0 fully saturated rings. The minimum absolute atomic E-state index is 0.130. The van der Waals surface area contributed by atoms with Crippen LogP contribution in [0.4, 0.5) is 5.69 Å². The monoisotopic (exact) mass is 425 g/mol. The van der Waals surface area contributed by atoms with E-state index in [9.17, 15) is 8.42 Å². The summed E-state index contributed by atoms with van der Waals surface area (Å²) >= 11 is 0. The summed E-state index contributed by atoms with van der Waals surface area (Å²) < 4.78 is 42.4. The number of hydrogen-bond donors (Lipinski definition) is 1. The molecule has 0 saturated heterocycles. The SMILES string of the molecule is O=S(=O)(Nc1ccccc1-c1cn2c(n1)CCCC2)c1ccc2c(c1)OCCCO2. The number of fused-ring (bicyclic) bond motifs is 2. The van der Waals surface area contributed by atoms with Crippen LogP contribution in [0.25, 0.3) is 11.3 Å². The molecule has 1 N–H and O–H groups in total. The van der Waals surface area contributed by atoms with Gasteiger partial charge in [0.2, 0.25) is 0 Å². The van der Waals surface area contributed by atoms with E-state index in [1.54, 1.807) is 12.1 Å². The van der Waals surface area contributed by atoms with Crippen molar-refractivity contribution in [3.05, 3.63) is 54.5 Å². The summed E-state index contributed by atoms with van der Waals surface area (Å²) in [6, 6.07) is 12.0. The first-order chi connectivity index (χ1) is 14.6. The fourth-order valence-electron chi connectivity index (χ4n) is 3.85. The van der Waals surface area contributed by atoms with Gasteiger partial charge in [-0.2, -0.15) is 0 Å². The van der Waals surface area contributed by atoms with Gasteiger partial charge in [-0.3, -0.25) is 4.72 Å². The Bertz CT molecular complexity index is 1160. The van der Waals surface area contributed by atoms with Crippen molar-refractivity contribution in [3.8, 4) is 22.8 Å². The van der Waals surface area contributed by atoms with Gasteiger partial charge in [-0.05, 0) is 31.0 Å². The third-order valence-corrected chi connectivity index (χ3v) is 6.75. The second kappa shape index (κ2) is 7.68. The van der Waals surface area contributed by atoms with Crippen molar-refractivity contribution in [3.63, 3.8) is 0 Å². The zero-order valence-electron chi connectivity index (χ0n) is 16.5. The van der Waals surface area contributed by atoms with E-state index in [1.807, 2.05) is 24.4 Å². The van der Waals surface area contributed by atoms with Gasteiger partial charge in [-0.25, -0.2) is 13.4 Å². The van der Waals surface area contributed by atoms with Crippen LogP contribution in [0.1, 0.15) is 25.1 Å². The van der Waals surface area contributed by atoms with Crippen LogP contribution in [0, 0.1) is 0 Å². The fourth-order valence-corrected chi connectivity index (χ4v) is 4.95. The van der Waals surface area contributed by atoms with E-state index in [0.717, 1.165) is 49.3 Å². The molecule has 156 valence electrons. The van der Waals surface area contributed by atoms with Crippen molar-refractivity contribution < 1.29 is 17.9 Å². The molecule has 0 radical (unpaired) electrons. The van der Waals surface area contributed by atoms with Crippen LogP contribution < -0.4 is 14.2 Å². The van der Waals surface area contributed by atoms with Crippen LogP contribution in [0.5, 0.6) is 11.5 Å². The topological polar surface area (TPSA) is 82.5 Å². The lowest BCUT2D eigenvalue weighted by molar-refractivity contribution is 0.297. The number of sulfonamides is 1.